The molecule has 0 heterocycles. The zero-order valence-electron chi connectivity index (χ0n) is 5.02. The smallest absolute Gasteiger partial charge is 0.122 e. The van der Waals surface area contributed by atoms with Crippen molar-refractivity contribution in [2.24, 2.45) is 4.99 Å². The summed E-state index contributed by atoms with van der Waals surface area (Å²) in [5, 5.41) is 2.72. The van der Waals surface area contributed by atoms with Crippen LogP contribution < -0.4 is 5.32 Å². The lowest BCUT2D eigenvalue weighted by Crippen LogP contribution is -1.98. The van der Waals surface area contributed by atoms with Crippen LogP contribution in [0.4, 0.5) is 0 Å². The van der Waals surface area contributed by atoms with Crippen molar-refractivity contribution in [3.63, 3.8) is 0 Å². The van der Waals surface area contributed by atoms with Gasteiger partial charge in [-0.2, -0.15) is 0 Å². The van der Waals surface area contributed by atoms with Crippen molar-refractivity contribution in [3.05, 3.63) is 25.2 Å². The maximum atomic E-state index is 3.81. The Labute approximate surface area is 49.6 Å². The molecule has 0 fully saturated rings. The molecular weight excluding hydrogens is 100 g/mol. The van der Waals surface area contributed by atoms with Crippen LogP contribution in [0.3, 0.4) is 0 Å². The molecule has 0 saturated heterocycles. The molecule has 0 saturated carbocycles. The molecule has 2 heteroatoms. The monoisotopic (exact) mass is 110 g/mol. The third-order valence-corrected chi connectivity index (χ3v) is 0.554. The molecule has 0 radical (unpaired) electrons. The molecule has 8 heavy (non-hydrogen) atoms. The topological polar surface area (TPSA) is 24.4 Å². The normalized spacial score (nSPS) is 9.12. The van der Waals surface area contributed by atoms with Gasteiger partial charge in [0.25, 0.3) is 0 Å². The molecule has 0 spiro atoms. The fraction of sp³-hybridized carbons (Fsp3) is 0.167. The predicted molar refractivity (Wildman–Crippen MR) is 36.6 cm³/mol. The molecule has 0 amide bonds. The maximum Gasteiger partial charge on any atom is 0.122 e. The van der Waals surface area contributed by atoms with Gasteiger partial charge < -0.3 is 5.32 Å². The fourth-order valence-corrected chi connectivity index (χ4v) is 0.311. The molecule has 0 aliphatic rings. The standard InChI is InChI=1S/C6H10N2/c1-4-7-6(3)8-5-2/h4-5,7H,1,3H2,2H3. The molecule has 0 aromatic heterocycles. The van der Waals surface area contributed by atoms with Gasteiger partial charge in [0.15, 0.2) is 0 Å². The van der Waals surface area contributed by atoms with Gasteiger partial charge in [-0.1, -0.05) is 13.2 Å². The lowest BCUT2D eigenvalue weighted by atomic mass is 10.7. The molecule has 0 aliphatic carbocycles. The van der Waals surface area contributed by atoms with Gasteiger partial charge in [-0.15, -0.1) is 0 Å². The van der Waals surface area contributed by atoms with Crippen LogP contribution in [-0.4, -0.2) is 6.21 Å². The van der Waals surface area contributed by atoms with Crippen molar-refractivity contribution in [2.75, 3.05) is 0 Å². The first-order valence-electron chi connectivity index (χ1n) is 2.36. The third-order valence-electron chi connectivity index (χ3n) is 0.554. The first kappa shape index (κ1) is 6.95. The lowest BCUT2D eigenvalue weighted by Gasteiger charge is -1.93. The summed E-state index contributed by atoms with van der Waals surface area (Å²) >= 11 is 0. The van der Waals surface area contributed by atoms with E-state index in [0.717, 1.165) is 0 Å². The number of aliphatic imine (C=N–C) groups is 1. The van der Waals surface area contributed by atoms with Gasteiger partial charge in [0, 0.05) is 6.21 Å². The van der Waals surface area contributed by atoms with Gasteiger partial charge in [-0.3, -0.25) is 0 Å². The van der Waals surface area contributed by atoms with E-state index in [1.54, 1.807) is 6.21 Å². The van der Waals surface area contributed by atoms with Crippen molar-refractivity contribution in [1.82, 2.24) is 5.32 Å². The number of nitrogens with one attached hydrogen (secondary N) is 1. The summed E-state index contributed by atoms with van der Waals surface area (Å²) in [6.07, 6.45) is 3.20. The highest BCUT2D eigenvalue weighted by Gasteiger charge is 1.75. The summed E-state index contributed by atoms with van der Waals surface area (Å²) in [5.74, 6) is 0.613. The largest absolute Gasteiger partial charge is 0.348 e. The first-order valence-corrected chi connectivity index (χ1v) is 2.36. The highest BCUT2D eigenvalue weighted by molar-refractivity contribution is 5.54. The summed E-state index contributed by atoms with van der Waals surface area (Å²) in [5.41, 5.74) is 0. The Morgan fingerprint density at radius 1 is 1.75 bits per heavy atom. The molecule has 44 valence electrons. The highest BCUT2D eigenvalue weighted by Crippen LogP contribution is 1.81. The number of hydrogen-bond acceptors (Lipinski definition) is 2. The molecule has 0 rings (SSSR count). The molecule has 0 aromatic carbocycles. The van der Waals surface area contributed by atoms with Gasteiger partial charge in [0.1, 0.15) is 5.82 Å². The van der Waals surface area contributed by atoms with Crippen LogP contribution in [0.5, 0.6) is 0 Å². The number of rotatable bonds is 3. The second-order valence-electron chi connectivity index (χ2n) is 1.18. The van der Waals surface area contributed by atoms with Gasteiger partial charge in [-0.25, -0.2) is 4.99 Å². The molecule has 0 aromatic rings. The Balaban J connectivity index is 3.48. The second kappa shape index (κ2) is 4.12. The predicted octanol–water partition coefficient (Wildman–Crippen LogP) is 1.28. The quantitative estimate of drug-likeness (QED) is 0.544. The van der Waals surface area contributed by atoms with E-state index in [4.69, 9.17) is 0 Å². The van der Waals surface area contributed by atoms with Crippen LogP contribution in [0.2, 0.25) is 0 Å². The summed E-state index contributed by atoms with van der Waals surface area (Å²) < 4.78 is 0. The van der Waals surface area contributed by atoms with E-state index in [-0.39, 0.29) is 0 Å². The maximum absolute atomic E-state index is 3.81. The number of nitrogens with zero attached hydrogens (tertiary/aromatic N) is 1. The summed E-state index contributed by atoms with van der Waals surface area (Å²) in [7, 11) is 0. The van der Waals surface area contributed by atoms with E-state index < -0.39 is 0 Å². The van der Waals surface area contributed by atoms with Crippen LogP contribution >= 0.6 is 0 Å². The second-order valence-corrected chi connectivity index (χ2v) is 1.18. The minimum absolute atomic E-state index is 0.613. The first-order chi connectivity index (χ1) is 3.81. The lowest BCUT2D eigenvalue weighted by molar-refractivity contribution is 1.05. The van der Waals surface area contributed by atoms with Gasteiger partial charge in [0.05, 0.1) is 0 Å². The Morgan fingerprint density at radius 3 is 2.75 bits per heavy atom. The van der Waals surface area contributed by atoms with Gasteiger partial charge in [-0.05, 0) is 13.1 Å². The minimum Gasteiger partial charge on any atom is -0.348 e. The summed E-state index contributed by atoms with van der Waals surface area (Å²) in [4.78, 5) is 3.81. The highest BCUT2D eigenvalue weighted by atomic mass is 15.0. The van der Waals surface area contributed by atoms with Crippen molar-refractivity contribution in [2.45, 2.75) is 6.92 Å². The van der Waals surface area contributed by atoms with E-state index in [1.807, 2.05) is 6.92 Å². The molecule has 1 N–H and O–H groups in total. The number of hydrogen-bond donors (Lipinski definition) is 1. The molecule has 0 atom stereocenters. The Kier molecular flexibility index (Phi) is 3.58. The van der Waals surface area contributed by atoms with E-state index >= 15 is 0 Å². The Morgan fingerprint density at radius 2 is 2.38 bits per heavy atom. The Bertz CT molecular complexity index is 114. The van der Waals surface area contributed by atoms with Crippen LogP contribution in [0.1, 0.15) is 6.92 Å². The third kappa shape index (κ3) is 3.15. The Hall–Kier alpha value is -1.05. The van der Waals surface area contributed by atoms with Gasteiger partial charge >= 0.3 is 0 Å². The molecular formula is C6H10N2. The van der Waals surface area contributed by atoms with E-state index in [2.05, 4.69) is 23.5 Å². The van der Waals surface area contributed by atoms with E-state index in [9.17, 15) is 0 Å². The zero-order chi connectivity index (χ0) is 6.41. The van der Waals surface area contributed by atoms with Gasteiger partial charge in [0.2, 0.25) is 0 Å². The van der Waals surface area contributed by atoms with Crippen molar-refractivity contribution in [3.8, 4) is 0 Å². The molecule has 2 nitrogen and oxygen atoms in total. The molecule has 0 bridgehead atoms. The molecule has 0 unspecified atom stereocenters. The average Bonchev–Trinajstić information content (AvgIpc) is 1.68. The van der Waals surface area contributed by atoms with Crippen LogP contribution in [-0.2, 0) is 0 Å². The van der Waals surface area contributed by atoms with Crippen LogP contribution in [0, 0.1) is 0 Å². The summed E-state index contributed by atoms with van der Waals surface area (Å²) in [6, 6.07) is 0. The van der Waals surface area contributed by atoms with Crippen molar-refractivity contribution >= 4 is 6.21 Å². The van der Waals surface area contributed by atoms with Crippen LogP contribution in [0.15, 0.2) is 30.2 Å². The van der Waals surface area contributed by atoms with E-state index in [0.29, 0.717) is 5.82 Å². The minimum atomic E-state index is 0.613. The van der Waals surface area contributed by atoms with Crippen molar-refractivity contribution in [1.29, 1.82) is 0 Å². The zero-order valence-corrected chi connectivity index (χ0v) is 5.02. The summed E-state index contributed by atoms with van der Waals surface area (Å²) in [6.45, 7) is 8.82. The van der Waals surface area contributed by atoms with Crippen molar-refractivity contribution < 1.29 is 0 Å². The van der Waals surface area contributed by atoms with E-state index in [1.165, 1.54) is 6.20 Å². The fourth-order valence-electron chi connectivity index (χ4n) is 0.311. The SMILES string of the molecule is C=CNC(=C)N=CC. The molecule has 0 aliphatic heterocycles. The average molecular weight is 110 g/mol. The van der Waals surface area contributed by atoms with Crippen LogP contribution in [0.25, 0.3) is 0 Å².